The third-order valence-electron chi connectivity index (χ3n) is 10.5. The second kappa shape index (κ2) is 17.5. The number of nitrogens with two attached hydrogens (primary N) is 1. The number of hydrogen-bond donors (Lipinski definition) is 5. The lowest BCUT2D eigenvalue weighted by molar-refractivity contribution is -0.684. The third-order valence-corrected chi connectivity index (χ3v) is 13.0. The molecule has 1 atom stereocenters. The maximum Gasteiger partial charge on any atom is 0.327 e. The maximum absolute atomic E-state index is 13.1. The van der Waals surface area contributed by atoms with E-state index in [4.69, 9.17) is 15.7 Å². The first-order valence-electron chi connectivity index (χ1n) is 18.4. The maximum atomic E-state index is 13.1. The first-order chi connectivity index (χ1) is 27.9. The largest absolute Gasteiger partial charge is 0.344 e. The first kappa shape index (κ1) is 45.9. The molecule has 5 rings (SSSR count). The number of pyridine rings is 1. The van der Waals surface area contributed by atoms with Crippen LogP contribution in [0.15, 0.2) is 101 Å². The number of amides is 2. The third kappa shape index (κ3) is 9.90. The van der Waals surface area contributed by atoms with Gasteiger partial charge in [-0.3, -0.25) is 33.5 Å². The van der Waals surface area contributed by atoms with Crippen LogP contribution in [0.2, 0.25) is 0 Å². The van der Waals surface area contributed by atoms with Gasteiger partial charge < -0.3 is 4.90 Å². The van der Waals surface area contributed by atoms with Crippen LogP contribution in [0, 0.1) is 0 Å². The lowest BCUT2D eigenvalue weighted by Crippen LogP contribution is -2.38. The minimum Gasteiger partial charge on any atom is -0.344 e. The molecule has 3 heterocycles. The number of aryl methyl sites for hydroxylation is 1. The van der Waals surface area contributed by atoms with Gasteiger partial charge in [0.25, 0.3) is 42.2 Å². The fourth-order valence-corrected chi connectivity index (χ4v) is 8.78. The molecule has 1 aromatic heterocycles. The summed E-state index contributed by atoms with van der Waals surface area (Å²) in [5, 5.41) is 1.06. The minimum absolute atomic E-state index is 0.00862. The molecule has 0 aliphatic carbocycles. The van der Waals surface area contributed by atoms with Gasteiger partial charge in [-0.05, 0) is 91.9 Å². The molecule has 2 aliphatic heterocycles. The van der Waals surface area contributed by atoms with E-state index in [2.05, 4.69) is 5.43 Å². The molecule has 2 aromatic carbocycles. The molecule has 0 radical (unpaired) electrons. The number of aliphatic imine (C=N–C) groups is 1. The number of aromatic nitrogens is 1. The van der Waals surface area contributed by atoms with E-state index < -0.39 is 64.5 Å². The smallest absolute Gasteiger partial charge is 0.327 e. The van der Waals surface area contributed by atoms with Crippen LogP contribution in [0.4, 0.5) is 11.5 Å². The van der Waals surface area contributed by atoms with E-state index in [1.165, 1.54) is 32.4 Å². The number of anilines is 1. The number of allylic oxidation sites excluding steroid dienone is 6. The zero-order valence-corrected chi connectivity index (χ0v) is 35.9. The van der Waals surface area contributed by atoms with Crippen LogP contribution in [-0.4, -0.2) is 93.7 Å². The Labute approximate surface area is 348 Å². The Morgan fingerprint density at radius 3 is 2.15 bits per heavy atom. The summed E-state index contributed by atoms with van der Waals surface area (Å²) in [4.78, 5) is 36.8. The highest BCUT2D eigenvalue weighted by atomic mass is 32.2. The van der Waals surface area contributed by atoms with Crippen LogP contribution >= 0.6 is 0 Å². The normalized spacial score (nSPS) is 18.2. The van der Waals surface area contributed by atoms with Crippen molar-refractivity contribution in [3.05, 3.63) is 119 Å². The number of benzene rings is 2. The number of rotatable bonds is 16. The predicted octanol–water partition coefficient (Wildman–Crippen LogP) is 3.20. The summed E-state index contributed by atoms with van der Waals surface area (Å²) in [6.45, 7) is 5.85. The van der Waals surface area contributed by atoms with Gasteiger partial charge in [0.05, 0.1) is 52.0 Å². The van der Waals surface area contributed by atoms with Gasteiger partial charge in [0, 0.05) is 37.0 Å². The summed E-state index contributed by atoms with van der Waals surface area (Å²) in [7, 11) is -10.4. The molecule has 0 fully saturated rings. The van der Waals surface area contributed by atoms with Gasteiger partial charge in [-0.2, -0.15) is 25.3 Å². The van der Waals surface area contributed by atoms with Crippen molar-refractivity contribution in [2.24, 2.45) is 10.8 Å². The number of hydrogen-bond acceptors (Lipinski definition) is 12. The average molecular weight is 888 g/mol. The summed E-state index contributed by atoms with van der Waals surface area (Å²) in [5.41, 5.74) is 4.15. The predicted molar refractivity (Wildman–Crippen MR) is 222 cm³/mol. The molecule has 60 heavy (non-hydrogen) atoms. The summed E-state index contributed by atoms with van der Waals surface area (Å²) >= 11 is 0. The van der Waals surface area contributed by atoms with Gasteiger partial charge in [0.1, 0.15) is 6.20 Å². The summed E-state index contributed by atoms with van der Waals surface area (Å²) in [6.07, 6.45) is 10.3. The fourth-order valence-electron chi connectivity index (χ4n) is 7.28. The van der Waals surface area contributed by atoms with Gasteiger partial charge in [-0.25, -0.2) is 15.5 Å². The Bertz CT molecular complexity index is 2660. The van der Waals surface area contributed by atoms with E-state index in [1.807, 2.05) is 20.8 Å². The van der Waals surface area contributed by atoms with Crippen LogP contribution in [0.3, 0.4) is 0 Å². The Balaban J connectivity index is 1.57. The standard InChI is InChI=1S/C39H46N6O12S3/c1-38(2)31-23-27(37(47)43(4)57-5)25-44(19-9-21-58(48,49)50)35(31)41-33(38)11-7-6-8-12-34-39(3,28-15-13-26(14-16-28)36(46)42-40)30-24-29(60(54,55)56)17-18-32(30)45(34)20-10-22-59(51,52)53/h6-8,11-18,23-25H,9-10,19-22,40H2,1-5H3,(H3-,42,46,48,49,50,51,52,53,54,55,56)/p+1. The number of carbonyl (C=O) groups is 2. The van der Waals surface area contributed by atoms with Crippen molar-refractivity contribution in [3.8, 4) is 0 Å². The number of hydroxylamine groups is 2. The van der Waals surface area contributed by atoms with Crippen LogP contribution in [0.25, 0.3) is 0 Å². The van der Waals surface area contributed by atoms with Gasteiger partial charge in [-0.1, -0.05) is 30.4 Å². The molecular formula is C39H47N6O12S3+. The summed E-state index contributed by atoms with van der Waals surface area (Å²) in [6, 6.07) is 12.2. The highest BCUT2D eigenvalue weighted by molar-refractivity contribution is 7.86. The molecule has 3 aromatic rings. The van der Waals surface area contributed by atoms with Gasteiger partial charge in [0.2, 0.25) is 0 Å². The number of fused-ring (bicyclic) bond motifs is 2. The SMILES string of the molecule is CON(C)C(=O)c1cc2c([n+](CCCS(=O)(=O)O)c1)N=C(/C=C/C=C/C=C1/N(CCCS(=O)(=O)O)c3ccc(S(=O)(=O)O)cc3C1(C)c1ccc(C(=O)NN)cc1)C2(C)C. The molecule has 2 amide bonds. The van der Waals surface area contributed by atoms with Crippen molar-refractivity contribution in [2.75, 3.05) is 37.1 Å². The van der Waals surface area contributed by atoms with Crippen LogP contribution in [-0.2, 0) is 52.6 Å². The van der Waals surface area contributed by atoms with E-state index in [0.29, 0.717) is 39.6 Å². The molecule has 322 valence electrons. The Morgan fingerprint density at radius 2 is 1.55 bits per heavy atom. The Morgan fingerprint density at radius 1 is 0.900 bits per heavy atom. The van der Waals surface area contributed by atoms with E-state index >= 15 is 0 Å². The fraction of sp³-hybridized carbons (Fsp3) is 0.333. The topological polar surface area (TPSA) is 267 Å². The van der Waals surface area contributed by atoms with E-state index in [0.717, 1.165) is 5.06 Å². The molecule has 0 saturated carbocycles. The lowest BCUT2D eigenvalue weighted by atomic mass is 9.75. The van der Waals surface area contributed by atoms with E-state index in [9.17, 15) is 48.5 Å². The zero-order chi connectivity index (χ0) is 44.4. The van der Waals surface area contributed by atoms with Gasteiger partial charge in [-0.15, -0.1) is 0 Å². The molecule has 0 saturated heterocycles. The molecule has 0 bridgehead atoms. The summed E-state index contributed by atoms with van der Waals surface area (Å²) in [5.74, 6) is 3.80. The number of hydrazine groups is 1. The highest BCUT2D eigenvalue weighted by Gasteiger charge is 2.46. The van der Waals surface area contributed by atoms with Crippen molar-refractivity contribution >= 4 is 59.4 Å². The molecule has 6 N–H and O–H groups in total. The highest BCUT2D eigenvalue weighted by Crippen LogP contribution is 2.52. The second-order valence-electron chi connectivity index (χ2n) is 14.8. The van der Waals surface area contributed by atoms with Crippen molar-refractivity contribution in [1.82, 2.24) is 10.5 Å². The van der Waals surface area contributed by atoms with Crippen molar-refractivity contribution in [1.29, 1.82) is 0 Å². The van der Waals surface area contributed by atoms with Crippen LogP contribution in [0.5, 0.6) is 0 Å². The molecular weight excluding hydrogens is 841 g/mol. The van der Waals surface area contributed by atoms with Crippen molar-refractivity contribution in [2.45, 2.75) is 55.9 Å². The number of nitrogen functional groups attached to an aromatic ring is 1. The van der Waals surface area contributed by atoms with Crippen molar-refractivity contribution in [3.63, 3.8) is 0 Å². The number of carbonyl (C=O) groups excluding carboxylic acids is 2. The monoisotopic (exact) mass is 887 g/mol. The van der Waals surface area contributed by atoms with E-state index in [1.54, 1.807) is 76.4 Å². The minimum atomic E-state index is -4.65. The summed E-state index contributed by atoms with van der Waals surface area (Å²) < 4.78 is 102. The molecule has 1 unspecified atom stereocenters. The second-order valence-corrected chi connectivity index (χ2v) is 19.4. The molecule has 0 spiro atoms. The molecule has 21 heteroatoms. The zero-order valence-electron chi connectivity index (χ0n) is 33.4. The number of nitrogens with one attached hydrogen (secondary N) is 1. The van der Waals surface area contributed by atoms with E-state index in [-0.39, 0.29) is 42.0 Å². The quantitative estimate of drug-likeness (QED) is 0.0346. The van der Waals surface area contributed by atoms with Crippen molar-refractivity contribution < 1.29 is 57.9 Å². The molecule has 2 aliphatic rings. The average Bonchev–Trinajstić information content (AvgIpc) is 3.57. The van der Waals surface area contributed by atoms with Crippen LogP contribution < -0.4 is 20.7 Å². The van der Waals surface area contributed by atoms with Crippen LogP contribution in [0.1, 0.15) is 71.0 Å². The first-order valence-corrected chi connectivity index (χ1v) is 23.0. The Kier molecular flexibility index (Phi) is 13.4. The molecule has 18 nitrogen and oxygen atoms in total. The van der Waals surface area contributed by atoms with Gasteiger partial charge in [0.15, 0.2) is 5.71 Å². The Hall–Kier alpha value is -5.13. The lowest BCUT2D eigenvalue weighted by Gasteiger charge is -2.31. The number of nitrogens with zero attached hydrogens (tertiary/aromatic N) is 4. The van der Waals surface area contributed by atoms with Gasteiger partial charge >= 0.3 is 5.82 Å².